The molecule has 0 radical (unpaired) electrons. The highest BCUT2D eigenvalue weighted by molar-refractivity contribution is 5.98. The van der Waals surface area contributed by atoms with E-state index in [0.29, 0.717) is 5.52 Å². The second kappa shape index (κ2) is 8.60. The number of pyridine rings is 1. The third-order valence-electron chi connectivity index (χ3n) is 4.03. The number of nitrogens with one attached hydrogen (secondary N) is 3. The molecule has 0 fully saturated rings. The van der Waals surface area contributed by atoms with Crippen LogP contribution in [0.2, 0.25) is 0 Å². The molecule has 0 bridgehead atoms. The Bertz CT molecular complexity index is 1100. The first-order chi connectivity index (χ1) is 14.2. The molecule has 1 aromatic heterocycles. The van der Waals surface area contributed by atoms with Crippen LogP contribution in [0.5, 0.6) is 0 Å². The molecule has 3 N–H and O–H groups in total. The fraction of sp³-hybridized carbons (Fsp3) is 0.100. The Morgan fingerprint density at radius 3 is 2.23 bits per heavy atom. The molecular weight excluding hydrogens is 401 g/mol. The number of halogens is 3. The molecule has 154 valence electrons. The van der Waals surface area contributed by atoms with Gasteiger partial charge >= 0.3 is 6.18 Å². The van der Waals surface area contributed by atoms with Crippen LogP contribution in [0.4, 0.5) is 13.2 Å². The first-order valence-electron chi connectivity index (χ1n) is 8.64. The largest absolute Gasteiger partial charge is 0.416 e. The van der Waals surface area contributed by atoms with E-state index in [0.717, 1.165) is 29.7 Å². The van der Waals surface area contributed by atoms with E-state index in [4.69, 9.17) is 0 Å². The normalized spacial score (nSPS) is 11.0. The Kier molecular flexibility index (Phi) is 5.95. The summed E-state index contributed by atoms with van der Waals surface area (Å²) in [7, 11) is 0. The van der Waals surface area contributed by atoms with Crippen molar-refractivity contribution in [2.75, 3.05) is 6.54 Å². The molecule has 0 aliphatic heterocycles. The van der Waals surface area contributed by atoms with Gasteiger partial charge < -0.3 is 5.32 Å². The van der Waals surface area contributed by atoms with Gasteiger partial charge in [0, 0.05) is 10.9 Å². The van der Waals surface area contributed by atoms with Crippen molar-refractivity contribution >= 4 is 28.6 Å². The van der Waals surface area contributed by atoms with Crippen LogP contribution in [0.15, 0.2) is 60.7 Å². The highest BCUT2D eigenvalue weighted by atomic mass is 19.4. The molecule has 30 heavy (non-hydrogen) atoms. The summed E-state index contributed by atoms with van der Waals surface area (Å²) in [6.45, 7) is -0.495. The highest BCUT2D eigenvalue weighted by Gasteiger charge is 2.30. The van der Waals surface area contributed by atoms with E-state index in [9.17, 15) is 27.6 Å². The van der Waals surface area contributed by atoms with Crippen LogP contribution in [0.3, 0.4) is 0 Å². The number of carbonyl (C=O) groups is 3. The molecular formula is C20H15F3N4O3. The molecule has 0 aliphatic carbocycles. The number of para-hydroxylation sites is 1. The zero-order valence-electron chi connectivity index (χ0n) is 15.3. The van der Waals surface area contributed by atoms with Crippen LogP contribution >= 0.6 is 0 Å². The number of hydrogen-bond donors (Lipinski definition) is 3. The molecule has 0 spiro atoms. The Hall–Kier alpha value is -3.95. The minimum atomic E-state index is -4.51. The predicted octanol–water partition coefficient (Wildman–Crippen LogP) is 2.44. The third kappa shape index (κ3) is 5.10. The van der Waals surface area contributed by atoms with Crippen LogP contribution in [-0.2, 0) is 11.0 Å². The molecule has 0 saturated heterocycles. The molecule has 1 heterocycles. The predicted molar refractivity (Wildman–Crippen MR) is 101 cm³/mol. The average molecular weight is 416 g/mol. The Balaban J connectivity index is 1.49. The van der Waals surface area contributed by atoms with Gasteiger partial charge in [-0.05, 0) is 36.4 Å². The smallest absolute Gasteiger partial charge is 0.343 e. The van der Waals surface area contributed by atoms with Crippen LogP contribution in [0.25, 0.3) is 10.9 Å². The second-order valence-electron chi connectivity index (χ2n) is 6.15. The summed E-state index contributed by atoms with van der Waals surface area (Å²) in [5.41, 5.74) is 4.07. The monoisotopic (exact) mass is 416 g/mol. The van der Waals surface area contributed by atoms with E-state index >= 15 is 0 Å². The van der Waals surface area contributed by atoms with Crippen molar-refractivity contribution in [1.29, 1.82) is 0 Å². The van der Waals surface area contributed by atoms with Crippen molar-refractivity contribution in [3.63, 3.8) is 0 Å². The second-order valence-corrected chi connectivity index (χ2v) is 6.15. The maximum atomic E-state index is 12.5. The number of nitrogens with zero attached hydrogens (tertiary/aromatic N) is 1. The molecule has 0 saturated carbocycles. The zero-order chi connectivity index (χ0) is 21.7. The number of hydrazine groups is 1. The van der Waals surface area contributed by atoms with Gasteiger partial charge in [-0.15, -0.1) is 0 Å². The van der Waals surface area contributed by atoms with Gasteiger partial charge in [0.1, 0.15) is 5.69 Å². The standard InChI is InChI=1S/C20H15F3N4O3/c21-20(22,23)14-8-5-13(6-9-14)18(29)24-11-17(28)26-27-19(30)16-10-7-12-3-1-2-4-15(12)25-16/h1-10H,11H2,(H,24,29)(H,26,28)(H,27,30). The summed E-state index contributed by atoms with van der Waals surface area (Å²) in [5, 5.41) is 3.10. The van der Waals surface area contributed by atoms with E-state index in [-0.39, 0.29) is 11.3 Å². The Morgan fingerprint density at radius 1 is 0.833 bits per heavy atom. The van der Waals surface area contributed by atoms with E-state index in [1.807, 2.05) is 12.1 Å². The van der Waals surface area contributed by atoms with E-state index in [2.05, 4.69) is 21.2 Å². The molecule has 3 aromatic rings. The molecule has 0 unspecified atom stereocenters. The number of rotatable bonds is 4. The number of benzene rings is 2. The summed E-state index contributed by atoms with van der Waals surface area (Å²) in [6.07, 6.45) is -4.51. The number of fused-ring (bicyclic) bond motifs is 1. The summed E-state index contributed by atoms with van der Waals surface area (Å²) < 4.78 is 37.6. The van der Waals surface area contributed by atoms with Crippen molar-refractivity contribution < 1.29 is 27.6 Å². The lowest BCUT2D eigenvalue weighted by atomic mass is 10.1. The fourth-order valence-electron chi connectivity index (χ4n) is 2.50. The zero-order valence-corrected chi connectivity index (χ0v) is 15.3. The summed E-state index contributed by atoms with van der Waals surface area (Å²) in [5.74, 6) is -2.12. The third-order valence-corrected chi connectivity index (χ3v) is 4.03. The topological polar surface area (TPSA) is 100 Å². The first-order valence-corrected chi connectivity index (χ1v) is 8.64. The molecule has 10 heteroatoms. The maximum Gasteiger partial charge on any atom is 0.416 e. The number of hydrogen-bond acceptors (Lipinski definition) is 4. The summed E-state index contributed by atoms with van der Waals surface area (Å²) in [4.78, 5) is 40.0. The van der Waals surface area contributed by atoms with Gasteiger partial charge in [0.25, 0.3) is 17.7 Å². The van der Waals surface area contributed by atoms with Gasteiger partial charge in [-0.1, -0.05) is 24.3 Å². The van der Waals surface area contributed by atoms with Gasteiger partial charge in [0.2, 0.25) is 0 Å². The van der Waals surface area contributed by atoms with Gasteiger partial charge in [-0.25, -0.2) is 4.98 Å². The van der Waals surface area contributed by atoms with Gasteiger partial charge in [-0.2, -0.15) is 13.2 Å². The number of carbonyl (C=O) groups excluding carboxylic acids is 3. The highest BCUT2D eigenvalue weighted by Crippen LogP contribution is 2.29. The van der Waals surface area contributed by atoms with Gasteiger partial charge in [-0.3, -0.25) is 25.2 Å². The SMILES string of the molecule is O=C(CNC(=O)c1ccc(C(F)(F)F)cc1)NNC(=O)c1ccc2ccccc2n1. The number of amides is 3. The molecule has 0 atom stereocenters. The van der Waals surface area contributed by atoms with Crippen molar-refractivity contribution in [3.8, 4) is 0 Å². The molecule has 2 aromatic carbocycles. The van der Waals surface area contributed by atoms with Crippen LogP contribution < -0.4 is 16.2 Å². The van der Waals surface area contributed by atoms with Gasteiger partial charge in [0.05, 0.1) is 17.6 Å². The quantitative estimate of drug-likeness (QED) is 0.569. The molecule has 0 aliphatic rings. The summed E-state index contributed by atoms with van der Waals surface area (Å²) >= 11 is 0. The number of aromatic nitrogens is 1. The van der Waals surface area contributed by atoms with Crippen LogP contribution in [0.1, 0.15) is 26.4 Å². The van der Waals surface area contributed by atoms with Crippen molar-refractivity contribution in [2.24, 2.45) is 0 Å². The van der Waals surface area contributed by atoms with Crippen molar-refractivity contribution in [3.05, 3.63) is 77.5 Å². The molecule has 3 rings (SSSR count). The minimum Gasteiger partial charge on any atom is -0.343 e. The fourth-order valence-corrected chi connectivity index (χ4v) is 2.50. The Morgan fingerprint density at radius 2 is 1.53 bits per heavy atom. The summed E-state index contributed by atoms with van der Waals surface area (Å²) in [6, 6.07) is 13.9. The Labute approximate surface area is 168 Å². The average Bonchev–Trinajstić information content (AvgIpc) is 2.74. The lowest BCUT2D eigenvalue weighted by molar-refractivity contribution is -0.137. The molecule has 3 amide bonds. The van der Waals surface area contributed by atoms with Crippen LogP contribution in [-0.4, -0.2) is 29.3 Å². The minimum absolute atomic E-state index is 0.0415. The van der Waals surface area contributed by atoms with Crippen molar-refractivity contribution in [1.82, 2.24) is 21.2 Å². The number of alkyl halides is 3. The lowest BCUT2D eigenvalue weighted by Gasteiger charge is -2.09. The molecule has 7 nitrogen and oxygen atoms in total. The van der Waals surface area contributed by atoms with Crippen molar-refractivity contribution in [2.45, 2.75) is 6.18 Å². The van der Waals surface area contributed by atoms with Crippen LogP contribution in [0, 0.1) is 0 Å². The van der Waals surface area contributed by atoms with Gasteiger partial charge in [0.15, 0.2) is 0 Å². The lowest BCUT2D eigenvalue weighted by Crippen LogP contribution is -2.46. The first kappa shape index (κ1) is 20.8. The van der Waals surface area contributed by atoms with E-state index in [1.54, 1.807) is 18.2 Å². The maximum absolute atomic E-state index is 12.5. The van der Waals surface area contributed by atoms with E-state index in [1.165, 1.54) is 6.07 Å². The van der Waals surface area contributed by atoms with E-state index < -0.39 is 36.0 Å².